The Morgan fingerprint density at radius 3 is 2.09 bits per heavy atom. The number of ether oxygens (including phenoxy) is 2. The van der Waals surface area contributed by atoms with Crippen LogP contribution in [0.15, 0.2) is 60.8 Å². The highest BCUT2D eigenvalue weighted by Gasteiger charge is 2.28. The molecule has 7 heteroatoms. The number of pyridine rings is 1. The molecule has 0 spiro atoms. The summed E-state index contributed by atoms with van der Waals surface area (Å²) in [4.78, 5) is 29.4. The third kappa shape index (κ3) is 5.73. The van der Waals surface area contributed by atoms with Crippen LogP contribution in [0.5, 0.6) is 11.5 Å². The molecule has 1 amide bonds. The Labute approximate surface area is 199 Å². The zero-order valence-electron chi connectivity index (χ0n) is 20.0. The molecule has 3 aromatic rings. The number of rotatable bonds is 8. The third-order valence-electron chi connectivity index (χ3n) is 5.60. The maximum atomic E-state index is 12.9. The fourth-order valence-corrected chi connectivity index (χ4v) is 3.91. The Kier molecular flexibility index (Phi) is 7.89. The van der Waals surface area contributed by atoms with E-state index < -0.39 is 29.8 Å². The highest BCUT2D eigenvalue weighted by molar-refractivity contribution is 5.97. The number of methoxy groups -OCH3 is 1. The van der Waals surface area contributed by atoms with Crippen molar-refractivity contribution in [1.29, 1.82) is 0 Å². The molecular formula is C27H30N2O5. The summed E-state index contributed by atoms with van der Waals surface area (Å²) in [5, 5.41) is 12.7. The molecule has 0 radical (unpaired) electrons. The van der Waals surface area contributed by atoms with Crippen molar-refractivity contribution in [1.82, 2.24) is 10.3 Å². The molecule has 0 saturated carbocycles. The first kappa shape index (κ1) is 24.8. The van der Waals surface area contributed by atoms with Crippen molar-refractivity contribution in [3.63, 3.8) is 0 Å². The normalized spacial score (nSPS) is 12.6. The van der Waals surface area contributed by atoms with Gasteiger partial charge in [0.1, 0.15) is 12.1 Å². The van der Waals surface area contributed by atoms with E-state index in [4.69, 9.17) is 9.47 Å². The van der Waals surface area contributed by atoms with Gasteiger partial charge in [0, 0.05) is 18.2 Å². The summed E-state index contributed by atoms with van der Waals surface area (Å²) in [5.41, 5.74) is 4.06. The molecule has 0 saturated heterocycles. The largest absolute Gasteiger partial charge is 0.503 e. The van der Waals surface area contributed by atoms with Gasteiger partial charge in [-0.05, 0) is 38.8 Å². The predicted octanol–water partition coefficient (Wildman–Crippen LogP) is 4.29. The van der Waals surface area contributed by atoms with Gasteiger partial charge >= 0.3 is 5.97 Å². The molecule has 2 atom stereocenters. The van der Waals surface area contributed by atoms with E-state index in [9.17, 15) is 14.7 Å². The Morgan fingerprint density at radius 2 is 1.56 bits per heavy atom. The van der Waals surface area contributed by atoms with Gasteiger partial charge in [0.15, 0.2) is 17.2 Å². The van der Waals surface area contributed by atoms with Gasteiger partial charge in [0.05, 0.1) is 7.11 Å². The molecule has 1 heterocycles. The number of hydrogen-bond acceptors (Lipinski definition) is 6. The number of aromatic nitrogens is 1. The number of nitrogens with one attached hydrogen (secondary N) is 1. The molecule has 0 bridgehead atoms. The highest BCUT2D eigenvalue weighted by atomic mass is 16.5. The maximum Gasteiger partial charge on any atom is 0.328 e. The average molecular weight is 463 g/mol. The Hall–Kier alpha value is -3.87. The number of esters is 1. The molecule has 3 rings (SSSR count). The van der Waals surface area contributed by atoms with Crippen LogP contribution in [0.2, 0.25) is 0 Å². The van der Waals surface area contributed by atoms with Crippen molar-refractivity contribution < 1.29 is 24.2 Å². The minimum Gasteiger partial charge on any atom is -0.503 e. The van der Waals surface area contributed by atoms with Gasteiger partial charge in [0.25, 0.3) is 5.91 Å². The molecule has 34 heavy (non-hydrogen) atoms. The lowest BCUT2D eigenvalue weighted by Crippen LogP contribution is -2.41. The van der Waals surface area contributed by atoms with E-state index in [-0.39, 0.29) is 17.4 Å². The molecule has 178 valence electrons. The van der Waals surface area contributed by atoms with Crippen LogP contribution in [0.25, 0.3) is 0 Å². The van der Waals surface area contributed by atoms with E-state index in [0.29, 0.717) is 0 Å². The quantitative estimate of drug-likeness (QED) is 0.485. The SMILES string of the molecule is COc1ccnc(C(=O)N[C@@H](C)C(=O)O[C@@H](C)C(c2cccc(C)c2)c2cccc(C)c2)c1O. The van der Waals surface area contributed by atoms with Crippen molar-refractivity contribution in [2.24, 2.45) is 0 Å². The van der Waals surface area contributed by atoms with E-state index in [0.717, 1.165) is 22.3 Å². The van der Waals surface area contributed by atoms with Gasteiger partial charge in [-0.2, -0.15) is 0 Å². The van der Waals surface area contributed by atoms with Crippen LogP contribution in [0, 0.1) is 13.8 Å². The van der Waals surface area contributed by atoms with E-state index in [2.05, 4.69) is 22.4 Å². The smallest absolute Gasteiger partial charge is 0.328 e. The van der Waals surface area contributed by atoms with Gasteiger partial charge < -0.3 is 19.9 Å². The lowest BCUT2D eigenvalue weighted by Gasteiger charge is -2.27. The van der Waals surface area contributed by atoms with E-state index in [1.807, 2.05) is 57.2 Å². The Balaban J connectivity index is 1.78. The summed E-state index contributed by atoms with van der Waals surface area (Å²) in [5.74, 6) is -1.76. The fourth-order valence-electron chi connectivity index (χ4n) is 3.91. The Bertz CT molecular complexity index is 1130. The molecule has 7 nitrogen and oxygen atoms in total. The van der Waals surface area contributed by atoms with Crippen molar-refractivity contribution in [2.75, 3.05) is 7.11 Å². The van der Waals surface area contributed by atoms with E-state index in [1.165, 1.54) is 26.3 Å². The Morgan fingerprint density at radius 1 is 0.971 bits per heavy atom. The second-order valence-corrected chi connectivity index (χ2v) is 8.35. The topological polar surface area (TPSA) is 97.8 Å². The zero-order chi connectivity index (χ0) is 24.8. The molecule has 2 aromatic carbocycles. The van der Waals surface area contributed by atoms with E-state index in [1.54, 1.807) is 0 Å². The van der Waals surface area contributed by atoms with Gasteiger partial charge in [-0.3, -0.25) is 4.79 Å². The lowest BCUT2D eigenvalue weighted by atomic mass is 9.86. The van der Waals surface area contributed by atoms with Crippen LogP contribution in [-0.2, 0) is 9.53 Å². The number of carbonyl (C=O) groups is 2. The van der Waals surface area contributed by atoms with Gasteiger partial charge in [-0.1, -0.05) is 59.7 Å². The molecule has 0 aliphatic carbocycles. The fraction of sp³-hybridized carbons (Fsp3) is 0.296. The molecular weight excluding hydrogens is 432 g/mol. The van der Waals surface area contributed by atoms with Gasteiger partial charge in [0.2, 0.25) is 0 Å². The van der Waals surface area contributed by atoms with Crippen molar-refractivity contribution in [3.05, 3.63) is 88.7 Å². The first-order valence-electron chi connectivity index (χ1n) is 11.1. The maximum absolute atomic E-state index is 12.9. The van der Waals surface area contributed by atoms with E-state index >= 15 is 0 Å². The van der Waals surface area contributed by atoms with Crippen LogP contribution in [0.1, 0.15) is 52.5 Å². The van der Waals surface area contributed by atoms with Gasteiger partial charge in [-0.25, -0.2) is 9.78 Å². The molecule has 2 N–H and O–H groups in total. The second-order valence-electron chi connectivity index (χ2n) is 8.35. The number of amides is 1. The molecule has 0 unspecified atom stereocenters. The number of benzene rings is 2. The summed E-state index contributed by atoms with van der Waals surface area (Å²) in [6.45, 7) is 7.41. The number of aryl methyl sites for hydroxylation is 2. The van der Waals surface area contributed by atoms with Crippen molar-refractivity contribution in [2.45, 2.75) is 45.8 Å². The van der Waals surface area contributed by atoms with Crippen LogP contribution in [0.3, 0.4) is 0 Å². The standard InChI is InChI=1S/C27H30N2O5/c1-16-8-6-10-20(14-16)23(21-11-7-9-17(2)15-21)19(4)34-27(32)18(3)29-26(31)24-25(30)22(33-5)12-13-28-24/h6-15,18-19,23,30H,1-5H3,(H,29,31)/t18-,19-/m0/s1. The highest BCUT2D eigenvalue weighted by Crippen LogP contribution is 2.31. The number of aromatic hydroxyl groups is 1. The predicted molar refractivity (Wildman–Crippen MR) is 129 cm³/mol. The molecule has 1 aromatic heterocycles. The third-order valence-corrected chi connectivity index (χ3v) is 5.60. The zero-order valence-corrected chi connectivity index (χ0v) is 20.0. The molecule has 0 aliphatic heterocycles. The summed E-state index contributed by atoms with van der Waals surface area (Å²) in [6.07, 6.45) is 0.839. The summed E-state index contributed by atoms with van der Waals surface area (Å²) in [6, 6.07) is 16.7. The minimum atomic E-state index is -0.960. The first-order chi connectivity index (χ1) is 16.2. The summed E-state index contributed by atoms with van der Waals surface area (Å²) in [7, 11) is 1.37. The summed E-state index contributed by atoms with van der Waals surface area (Å²) >= 11 is 0. The van der Waals surface area contributed by atoms with Crippen LogP contribution < -0.4 is 10.1 Å². The summed E-state index contributed by atoms with van der Waals surface area (Å²) < 4.78 is 10.8. The lowest BCUT2D eigenvalue weighted by molar-refractivity contribution is -0.150. The van der Waals surface area contributed by atoms with Crippen molar-refractivity contribution >= 4 is 11.9 Å². The number of hydrogen-bond donors (Lipinski definition) is 2. The first-order valence-corrected chi connectivity index (χ1v) is 11.1. The second kappa shape index (κ2) is 10.8. The number of carbonyl (C=O) groups excluding carboxylic acids is 2. The van der Waals surface area contributed by atoms with Crippen LogP contribution >= 0.6 is 0 Å². The molecule has 0 fully saturated rings. The van der Waals surface area contributed by atoms with Crippen LogP contribution in [0.4, 0.5) is 0 Å². The minimum absolute atomic E-state index is 0.114. The molecule has 0 aliphatic rings. The van der Waals surface area contributed by atoms with Gasteiger partial charge in [-0.15, -0.1) is 0 Å². The average Bonchev–Trinajstić information content (AvgIpc) is 2.79. The van der Waals surface area contributed by atoms with Crippen molar-refractivity contribution in [3.8, 4) is 11.5 Å². The van der Waals surface area contributed by atoms with Crippen LogP contribution in [-0.4, -0.2) is 41.2 Å². The number of nitrogens with zero attached hydrogens (tertiary/aromatic N) is 1. The monoisotopic (exact) mass is 462 g/mol.